The summed E-state index contributed by atoms with van der Waals surface area (Å²) >= 11 is 0. The maximum absolute atomic E-state index is 15.1. The molecule has 0 spiro atoms. The molecule has 0 aliphatic carbocycles. The maximum atomic E-state index is 15.1. The molecule has 0 saturated carbocycles. The van der Waals surface area contributed by atoms with Crippen molar-refractivity contribution in [2.24, 2.45) is 11.8 Å². The normalized spacial score (nSPS) is 20.2. The van der Waals surface area contributed by atoms with Crippen molar-refractivity contribution < 1.29 is 40.7 Å². The second-order valence-electron chi connectivity index (χ2n) is 20.0. The third kappa shape index (κ3) is 12.6. The number of carbonyl (C=O) groups is 2. The van der Waals surface area contributed by atoms with Crippen LogP contribution in [-0.2, 0) is 17.1 Å². The number of halogens is 6. The number of anilines is 2. The van der Waals surface area contributed by atoms with Gasteiger partial charge >= 0.3 is 12.4 Å². The number of amides is 2. The predicted octanol–water partition coefficient (Wildman–Crippen LogP) is 10.1. The number of piperidine rings is 2. The number of rotatable bonds is 15. The molecule has 0 bridgehead atoms. The molecule has 20 heteroatoms. The molecule has 4 aromatic heterocycles. The number of nitrogens with zero attached hydrogens (tertiary/aromatic N) is 9. The Balaban J connectivity index is 1.02. The number of pyridine rings is 2. The van der Waals surface area contributed by atoms with Gasteiger partial charge in [-0.15, -0.1) is 0 Å². The summed E-state index contributed by atoms with van der Waals surface area (Å²) in [5.74, 6) is 0.543. The van der Waals surface area contributed by atoms with Crippen LogP contribution in [0.25, 0.3) is 22.5 Å². The number of morpholine rings is 1. The Kier molecular flexibility index (Phi) is 16.2. The van der Waals surface area contributed by atoms with Gasteiger partial charge in [0.2, 0.25) is 0 Å². The molecule has 3 fully saturated rings. The first kappa shape index (κ1) is 52.9. The second kappa shape index (κ2) is 22.9. The van der Waals surface area contributed by atoms with Crippen LogP contribution in [0.5, 0.6) is 0 Å². The maximum Gasteiger partial charge on any atom is 0.417 e. The molecular weight excluding hydrogens is 977 g/mol. The Morgan fingerprint density at radius 2 is 1.25 bits per heavy atom. The standard InChI is InChI=1S/C55H61F6N11O3/c1-35-9-13-43(45(25-35)52(73)70-19-4-7-37(3)47(70)31-66-49-15-11-40(29-64-49)54(56,57)58)39-28-68-72(33-39)42(34-69-21-23-75-24-22-69)27-38-8-5-20-71(48(38)32-67-50-16-12-41(30-65-50)55(59,60)61)53(74)46-26-36(2)10-14-44(46)51-62-17-6-18-63-51/h6,9-18,25-26,28-30,33,37-38,42,47-48H,4-5,7-8,19-24,27,31-32,34H2,1-3H3,(H,64,66)(H,65,67). The summed E-state index contributed by atoms with van der Waals surface area (Å²) in [6.45, 7) is 10.5. The molecule has 14 nitrogen and oxygen atoms in total. The van der Waals surface area contributed by atoms with Crippen molar-refractivity contribution in [3.05, 3.63) is 137 Å². The van der Waals surface area contributed by atoms with Crippen molar-refractivity contribution in [3.63, 3.8) is 0 Å². The number of alkyl halides is 6. The van der Waals surface area contributed by atoms with Gasteiger partial charge in [0.1, 0.15) is 11.6 Å². The van der Waals surface area contributed by atoms with Crippen molar-refractivity contribution in [1.82, 2.24) is 44.4 Å². The average Bonchev–Trinajstić information content (AvgIpc) is 3.90. The second-order valence-corrected chi connectivity index (χ2v) is 20.0. The van der Waals surface area contributed by atoms with E-state index in [1.165, 1.54) is 12.1 Å². The summed E-state index contributed by atoms with van der Waals surface area (Å²) in [4.78, 5) is 53.2. The highest BCUT2D eigenvalue weighted by Crippen LogP contribution is 2.37. The lowest BCUT2D eigenvalue weighted by Crippen LogP contribution is -2.52. The van der Waals surface area contributed by atoms with Crippen molar-refractivity contribution in [1.29, 1.82) is 0 Å². The highest BCUT2D eigenvalue weighted by molar-refractivity contribution is 6.02. The zero-order valence-electron chi connectivity index (χ0n) is 42.1. The third-order valence-electron chi connectivity index (χ3n) is 14.8. The first-order valence-corrected chi connectivity index (χ1v) is 25.5. The molecule has 2 aromatic carbocycles. The van der Waals surface area contributed by atoms with Crippen LogP contribution in [0.1, 0.15) is 88.0 Å². The van der Waals surface area contributed by atoms with E-state index in [0.717, 1.165) is 60.5 Å². The summed E-state index contributed by atoms with van der Waals surface area (Å²) in [5, 5.41) is 11.5. The van der Waals surface area contributed by atoms with Crippen molar-refractivity contribution >= 4 is 23.5 Å². The van der Waals surface area contributed by atoms with Gasteiger partial charge in [-0.2, -0.15) is 31.4 Å². The van der Waals surface area contributed by atoms with Gasteiger partial charge in [-0.05, 0) is 106 Å². The molecule has 6 aromatic rings. The summed E-state index contributed by atoms with van der Waals surface area (Å²) in [6, 6.07) is 16.8. The van der Waals surface area contributed by atoms with Gasteiger partial charge in [-0.25, -0.2) is 19.9 Å². The fourth-order valence-electron chi connectivity index (χ4n) is 10.7. The quantitative estimate of drug-likeness (QED) is 0.0948. The van der Waals surface area contributed by atoms with E-state index in [-0.39, 0.29) is 53.9 Å². The Bertz CT molecular complexity index is 2900. The highest BCUT2D eigenvalue weighted by Gasteiger charge is 2.39. The fraction of sp³-hybridized carbons (Fsp3) is 0.436. The number of nitrogens with one attached hydrogen (secondary N) is 2. The van der Waals surface area contributed by atoms with Crippen LogP contribution in [0, 0.1) is 25.7 Å². The molecule has 396 valence electrons. The minimum absolute atomic E-state index is 0.0922. The summed E-state index contributed by atoms with van der Waals surface area (Å²) in [5.41, 5.74) is 3.05. The lowest BCUT2D eigenvalue weighted by atomic mass is 9.83. The van der Waals surface area contributed by atoms with Crippen LogP contribution in [0.4, 0.5) is 38.0 Å². The molecule has 5 atom stereocenters. The Labute approximate surface area is 431 Å². The Morgan fingerprint density at radius 1 is 0.693 bits per heavy atom. The summed E-state index contributed by atoms with van der Waals surface area (Å²) < 4.78 is 88.2. The summed E-state index contributed by atoms with van der Waals surface area (Å²) in [7, 11) is 0. The third-order valence-corrected chi connectivity index (χ3v) is 14.8. The SMILES string of the molecule is Cc1ccc(-c2cnn(C(CC3CCCN(C(=O)c4cc(C)ccc4-c4ncccn4)C3CNc3ccc(C(F)(F)F)cn3)CN3CCOCC3)c2)c(C(=O)N2CCCC(C)C2CNc2ccc(C(F)(F)F)cn2)c1. The van der Waals surface area contributed by atoms with Crippen LogP contribution in [-0.4, -0.2) is 127 Å². The van der Waals surface area contributed by atoms with E-state index >= 15 is 4.79 Å². The van der Waals surface area contributed by atoms with Gasteiger partial charge in [0.15, 0.2) is 5.82 Å². The topological polar surface area (TPSA) is 147 Å². The van der Waals surface area contributed by atoms with Crippen LogP contribution < -0.4 is 10.6 Å². The Hall–Kier alpha value is -6.93. The number of hydrogen-bond donors (Lipinski definition) is 2. The van der Waals surface area contributed by atoms with Gasteiger partial charge in [0.25, 0.3) is 11.8 Å². The Morgan fingerprint density at radius 3 is 1.84 bits per heavy atom. The monoisotopic (exact) mass is 1040 g/mol. The van der Waals surface area contributed by atoms with E-state index < -0.39 is 29.5 Å². The summed E-state index contributed by atoms with van der Waals surface area (Å²) in [6.07, 6.45) is 3.25. The van der Waals surface area contributed by atoms with E-state index in [9.17, 15) is 31.1 Å². The van der Waals surface area contributed by atoms with Gasteiger partial charge in [0, 0.05) is 93.5 Å². The number of aryl methyl sites for hydroxylation is 2. The van der Waals surface area contributed by atoms with Crippen LogP contribution >= 0.6 is 0 Å². The van der Waals surface area contributed by atoms with Crippen LogP contribution in [0.15, 0.2) is 104 Å². The zero-order chi connectivity index (χ0) is 52.9. The van der Waals surface area contributed by atoms with Gasteiger partial charge in [-0.1, -0.05) is 42.3 Å². The average molecular weight is 1040 g/mol. The van der Waals surface area contributed by atoms with Gasteiger partial charge < -0.3 is 25.2 Å². The molecule has 2 N–H and O–H groups in total. The van der Waals surface area contributed by atoms with E-state index in [2.05, 4.69) is 42.4 Å². The zero-order valence-corrected chi connectivity index (χ0v) is 42.1. The largest absolute Gasteiger partial charge is 0.417 e. The first-order chi connectivity index (χ1) is 36.0. The van der Waals surface area contributed by atoms with Crippen LogP contribution in [0.3, 0.4) is 0 Å². The van der Waals surface area contributed by atoms with E-state index in [0.29, 0.717) is 93.4 Å². The number of likely N-dealkylation sites (tertiary alicyclic amines) is 2. The molecule has 9 rings (SSSR count). The van der Waals surface area contributed by atoms with E-state index in [1.54, 1.807) is 24.7 Å². The lowest BCUT2D eigenvalue weighted by molar-refractivity contribution is -0.138. The van der Waals surface area contributed by atoms with E-state index in [1.807, 2.05) is 70.9 Å². The number of hydrogen-bond acceptors (Lipinski definition) is 11. The fourth-order valence-corrected chi connectivity index (χ4v) is 10.7. The first-order valence-electron chi connectivity index (χ1n) is 25.5. The molecule has 7 heterocycles. The predicted molar refractivity (Wildman–Crippen MR) is 272 cm³/mol. The lowest BCUT2D eigenvalue weighted by Gasteiger charge is -2.43. The highest BCUT2D eigenvalue weighted by atomic mass is 19.4. The number of carbonyl (C=O) groups excluding carboxylic acids is 2. The van der Waals surface area contributed by atoms with E-state index in [4.69, 9.17) is 9.84 Å². The number of ether oxygens (including phenoxy) is 1. The molecular formula is C55H61F6N11O3. The molecule has 5 unspecified atom stereocenters. The molecule has 3 aliphatic rings. The molecule has 75 heavy (non-hydrogen) atoms. The van der Waals surface area contributed by atoms with Crippen molar-refractivity contribution in [2.75, 3.05) is 69.7 Å². The van der Waals surface area contributed by atoms with Crippen molar-refractivity contribution in [2.45, 2.75) is 83.4 Å². The number of aromatic nitrogens is 6. The van der Waals surface area contributed by atoms with Gasteiger partial charge in [-0.3, -0.25) is 19.2 Å². The van der Waals surface area contributed by atoms with Gasteiger partial charge in [0.05, 0.1) is 54.2 Å². The molecule has 2 amide bonds. The molecule has 3 saturated heterocycles. The van der Waals surface area contributed by atoms with Crippen molar-refractivity contribution in [3.8, 4) is 22.5 Å². The minimum atomic E-state index is -4.55. The molecule has 0 radical (unpaired) electrons. The number of benzene rings is 2. The van der Waals surface area contributed by atoms with Crippen LogP contribution in [0.2, 0.25) is 0 Å². The molecule has 3 aliphatic heterocycles. The smallest absolute Gasteiger partial charge is 0.379 e. The minimum Gasteiger partial charge on any atom is -0.379 e.